The van der Waals surface area contributed by atoms with Crippen molar-refractivity contribution in [2.45, 2.75) is 13.8 Å². The molecular formula is C12H13BrO2. The summed E-state index contributed by atoms with van der Waals surface area (Å²) in [5.74, 6) is -0.294. The molecule has 2 nitrogen and oxygen atoms in total. The first-order valence-electron chi connectivity index (χ1n) is 4.74. The van der Waals surface area contributed by atoms with Gasteiger partial charge in [0, 0.05) is 10.5 Å². The van der Waals surface area contributed by atoms with Crippen LogP contribution in [0.5, 0.6) is 0 Å². The van der Waals surface area contributed by atoms with Gasteiger partial charge in [0.15, 0.2) is 0 Å². The molecule has 0 bridgehead atoms. The van der Waals surface area contributed by atoms with E-state index < -0.39 is 0 Å². The van der Waals surface area contributed by atoms with Crippen molar-refractivity contribution in [3.8, 4) is 0 Å². The highest BCUT2D eigenvalue weighted by molar-refractivity contribution is 9.10. The molecule has 0 aliphatic rings. The van der Waals surface area contributed by atoms with Crippen LogP contribution in [0.4, 0.5) is 0 Å². The Balaban J connectivity index is 2.79. The standard InChI is InChI=1S/C12H13BrO2/c1-3-15-12(14)8-9(2)10-4-6-11(13)7-5-10/h4-8H,3H2,1-2H3/b9-8-. The van der Waals surface area contributed by atoms with E-state index in [0.717, 1.165) is 15.6 Å². The van der Waals surface area contributed by atoms with Gasteiger partial charge in [0.25, 0.3) is 0 Å². The topological polar surface area (TPSA) is 26.3 Å². The van der Waals surface area contributed by atoms with Crippen molar-refractivity contribution in [1.82, 2.24) is 0 Å². The number of esters is 1. The average Bonchev–Trinajstić information content (AvgIpc) is 2.18. The molecule has 0 saturated heterocycles. The molecular weight excluding hydrogens is 256 g/mol. The van der Waals surface area contributed by atoms with E-state index >= 15 is 0 Å². The zero-order chi connectivity index (χ0) is 11.3. The lowest BCUT2D eigenvalue weighted by molar-refractivity contribution is -0.137. The summed E-state index contributed by atoms with van der Waals surface area (Å²) < 4.78 is 5.86. The molecule has 1 rings (SSSR count). The van der Waals surface area contributed by atoms with E-state index in [9.17, 15) is 4.79 Å². The zero-order valence-corrected chi connectivity index (χ0v) is 10.4. The molecule has 0 heterocycles. The van der Waals surface area contributed by atoms with E-state index in [1.54, 1.807) is 6.92 Å². The Morgan fingerprint density at radius 2 is 2.00 bits per heavy atom. The second-order valence-electron chi connectivity index (χ2n) is 3.09. The molecule has 1 aromatic rings. The average molecular weight is 269 g/mol. The third kappa shape index (κ3) is 3.88. The number of carbonyl (C=O) groups excluding carboxylic acids is 1. The molecule has 0 radical (unpaired) electrons. The molecule has 0 saturated carbocycles. The van der Waals surface area contributed by atoms with E-state index in [-0.39, 0.29) is 5.97 Å². The first-order valence-corrected chi connectivity index (χ1v) is 5.53. The van der Waals surface area contributed by atoms with Crippen LogP contribution in [0, 0.1) is 0 Å². The molecule has 0 fully saturated rings. The first-order chi connectivity index (χ1) is 7.13. The number of hydrogen-bond acceptors (Lipinski definition) is 2. The fourth-order valence-electron chi connectivity index (χ4n) is 1.16. The van der Waals surface area contributed by atoms with Crippen molar-refractivity contribution in [3.63, 3.8) is 0 Å². The zero-order valence-electron chi connectivity index (χ0n) is 8.79. The Kier molecular flexibility index (Phi) is 4.56. The van der Waals surface area contributed by atoms with Gasteiger partial charge in [-0.15, -0.1) is 0 Å². The Bertz CT molecular complexity index is 366. The molecule has 0 N–H and O–H groups in total. The lowest BCUT2D eigenvalue weighted by Crippen LogP contribution is -2.00. The Hall–Kier alpha value is -1.09. The van der Waals surface area contributed by atoms with Gasteiger partial charge in [-0.3, -0.25) is 0 Å². The van der Waals surface area contributed by atoms with Gasteiger partial charge in [-0.1, -0.05) is 28.1 Å². The third-order valence-corrected chi connectivity index (χ3v) is 2.45. The van der Waals surface area contributed by atoms with Gasteiger partial charge in [-0.25, -0.2) is 4.79 Å². The molecule has 3 heteroatoms. The van der Waals surface area contributed by atoms with Crippen molar-refractivity contribution < 1.29 is 9.53 Å². The molecule has 0 spiro atoms. The molecule has 0 aliphatic carbocycles. The van der Waals surface area contributed by atoms with Crippen molar-refractivity contribution in [2.75, 3.05) is 6.61 Å². The van der Waals surface area contributed by atoms with Crippen LogP contribution in [0.2, 0.25) is 0 Å². The summed E-state index contributed by atoms with van der Waals surface area (Å²) in [7, 11) is 0. The number of ether oxygens (including phenoxy) is 1. The molecule has 0 unspecified atom stereocenters. The highest BCUT2D eigenvalue weighted by atomic mass is 79.9. The fraction of sp³-hybridized carbons (Fsp3) is 0.250. The van der Waals surface area contributed by atoms with Crippen LogP contribution < -0.4 is 0 Å². The molecule has 0 aliphatic heterocycles. The number of hydrogen-bond donors (Lipinski definition) is 0. The van der Waals surface area contributed by atoms with Crippen LogP contribution in [-0.2, 0) is 9.53 Å². The van der Waals surface area contributed by atoms with Gasteiger partial charge in [-0.05, 0) is 37.1 Å². The molecule has 80 valence electrons. The van der Waals surface area contributed by atoms with Gasteiger partial charge in [0.1, 0.15) is 0 Å². The number of allylic oxidation sites excluding steroid dienone is 1. The van der Waals surface area contributed by atoms with Gasteiger partial charge >= 0.3 is 5.97 Å². The second-order valence-corrected chi connectivity index (χ2v) is 4.00. The summed E-state index contributed by atoms with van der Waals surface area (Å²) in [5.41, 5.74) is 1.92. The van der Waals surface area contributed by atoms with Crippen LogP contribution >= 0.6 is 15.9 Å². The van der Waals surface area contributed by atoms with Crippen LogP contribution in [0.25, 0.3) is 5.57 Å². The molecule has 0 aromatic heterocycles. The Morgan fingerprint density at radius 3 is 2.53 bits per heavy atom. The predicted molar refractivity (Wildman–Crippen MR) is 64.4 cm³/mol. The van der Waals surface area contributed by atoms with E-state index in [2.05, 4.69) is 15.9 Å². The van der Waals surface area contributed by atoms with Crippen LogP contribution in [-0.4, -0.2) is 12.6 Å². The summed E-state index contributed by atoms with van der Waals surface area (Å²) in [5, 5.41) is 0. The van der Waals surface area contributed by atoms with Crippen molar-refractivity contribution in [2.24, 2.45) is 0 Å². The van der Waals surface area contributed by atoms with Crippen molar-refractivity contribution >= 4 is 27.5 Å². The van der Waals surface area contributed by atoms with E-state index in [1.165, 1.54) is 6.08 Å². The lowest BCUT2D eigenvalue weighted by Gasteiger charge is -2.02. The molecule has 0 amide bonds. The van der Waals surface area contributed by atoms with Gasteiger partial charge in [0.05, 0.1) is 6.61 Å². The number of carbonyl (C=O) groups is 1. The fourth-order valence-corrected chi connectivity index (χ4v) is 1.42. The normalized spacial score (nSPS) is 11.3. The minimum Gasteiger partial charge on any atom is -0.463 e. The largest absolute Gasteiger partial charge is 0.463 e. The molecule has 0 atom stereocenters. The van der Waals surface area contributed by atoms with Crippen molar-refractivity contribution in [1.29, 1.82) is 0 Å². The quantitative estimate of drug-likeness (QED) is 0.620. The highest BCUT2D eigenvalue weighted by Gasteiger charge is 2.00. The minimum atomic E-state index is -0.294. The SMILES string of the molecule is CCOC(=O)/C=C(/C)c1ccc(Br)cc1. The van der Waals surface area contributed by atoms with E-state index in [1.807, 2.05) is 31.2 Å². The van der Waals surface area contributed by atoms with Crippen LogP contribution in [0.1, 0.15) is 19.4 Å². The van der Waals surface area contributed by atoms with Crippen LogP contribution in [0.3, 0.4) is 0 Å². The Morgan fingerprint density at radius 1 is 1.40 bits per heavy atom. The molecule has 15 heavy (non-hydrogen) atoms. The summed E-state index contributed by atoms with van der Waals surface area (Å²) in [6, 6.07) is 7.79. The third-order valence-electron chi connectivity index (χ3n) is 1.92. The highest BCUT2D eigenvalue weighted by Crippen LogP contribution is 2.17. The summed E-state index contributed by atoms with van der Waals surface area (Å²) in [6.07, 6.45) is 1.51. The molecule has 1 aromatic carbocycles. The van der Waals surface area contributed by atoms with Crippen LogP contribution in [0.15, 0.2) is 34.8 Å². The summed E-state index contributed by atoms with van der Waals surface area (Å²) in [4.78, 5) is 11.2. The first kappa shape index (κ1) is 12.0. The summed E-state index contributed by atoms with van der Waals surface area (Å²) in [6.45, 7) is 4.09. The Labute approximate surface area is 98.1 Å². The minimum absolute atomic E-state index is 0.294. The summed E-state index contributed by atoms with van der Waals surface area (Å²) >= 11 is 3.36. The maximum absolute atomic E-state index is 11.2. The van der Waals surface area contributed by atoms with Gasteiger partial charge in [0.2, 0.25) is 0 Å². The number of halogens is 1. The predicted octanol–water partition coefficient (Wildman–Crippen LogP) is 3.42. The number of benzene rings is 1. The van der Waals surface area contributed by atoms with Gasteiger partial charge in [-0.2, -0.15) is 0 Å². The number of rotatable bonds is 3. The maximum atomic E-state index is 11.2. The monoisotopic (exact) mass is 268 g/mol. The van der Waals surface area contributed by atoms with Gasteiger partial charge < -0.3 is 4.74 Å². The van der Waals surface area contributed by atoms with Crippen molar-refractivity contribution in [3.05, 3.63) is 40.4 Å². The van der Waals surface area contributed by atoms with E-state index in [4.69, 9.17) is 4.74 Å². The maximum Gasteiger partial charge on any atom is 0.331 e. The van der Waals surface area contributed by atoms with E-state index in [0.29, 0.717) is 6.61 Å². The smallest absolute Gasteiger partial charge is 0.331 e. The lowest BCUT2D eigenvalue weighted by atomic mass is 10.1. The second kappa shape index (κ2) is 5.71.